The van der Waals surface area contributed by atoms with Gasteiger partial charge in [0.25, 0.3) is 0 Å². The van der Waals surface area contributed by atoms with Crippen molar-refractivity contribution in [1.29, 1.82) is 0 Å². The Balaban J connectivity index is 1.76. The molecule has 0 atom stereocenters. The van der Waals surface area contributed by atoms with Crippen LogP contribution in [-0.2, 0) is 4.79 Å². The van der Waals surface area contributed by atoms with Gasteiger partial charge in [-0.25, -0.2) is 4.79 Å². The Hall–Kier alpha value is -2.27. The van der Waals surface area contributed by atoms with Crippen LogP contribution in [0.3, 0.4) is 0 Å². The number of anilines is 1. The molecule has 2 aromatic carbocycles. The number of carbonyl (C=O) groups excluding carboxylic acids is 2. The Labute approximate surface area is 127 Å². The van der Waals surface area contributed by atoms with Gasteiger partial charge >= 0.3 is 6.03 Å². The number of nitrogens with one attached hydrogen (secondary N) is 2. The number of benzene rings is 2. The van der Waals surface area contributed by atoms with E-state index >= 15 is 0 Å². The van der Waals surface area contributed by atoms with Crippen molar-refractivity contribution in [3.05, 3.63) is 60.2 Å². The summed E-state index contributed by atoms with van der Waals surface area (Å²) in [5.74, 6) is -0.125. The van der Waals surface area contributed by atoms with Gasteiger partial charge in [-0.15, -0.1) is 11.8 Å². The van der Waals surface area contributed by atoms with Gasteiger partial charge in [0.05, 0.1) is 5.75 Å². The number of aryl methyl sites for hydroxylation is 1. The summed E-state index contributed by atoms with van der Waals surface area (Å²) in [6.07, 6.45) is 0. The van der Waals surface area contributed by atoms with Crippen molar-refractivity contribution >= 4 is 29.4 Å². The molecule has 0 saturated heterocycles. The van der Waals surface area contributed by atoms with Gasteiger partial charge in [-0.1, -0.05) is 35.9 Å². The molecule has 4 nitrogen and oxygen atoms in total. The van der Waals surface area contributed by atoms with Crippen molar-refractivity contribution in [3.8, 4) is 0 Å². The highest BCUT2D eigenvalue weighted by atomic mass is 32.2. The average Bonchev–Trinajstić information content (AvgIpc) is 2.47. The van der Waals surface area contributed by atoms with E-state index in [9.17, 15) is 9.59 Å². The first-order valence-electron chi connectivity index (χ1n) is 6.49. The highest BCUT2D eigenvalue weighted by molar-refractivity contribution is 8.00. The van der Waals surface area contributed by atoms with E-state index in [1.807, 2.05) is 49.4 Å². The van der Waals surface area contributed by atoms with E-state index in [0.717, 1.165) is 4.90 Å². The second-order valence-corrected chi connectivity index (χ2v) is 5.52. The summed E-state index contributed by atoms with van der Waals surface area (Å²) in [7, 11) is 0. The van der Waals surface area contributed by atoms with E-state index in [4.69, 9.17) is 0 Å². The van der Waals surface area contributed by atoms with Crippen molar-refractivity contribution in [2.24, 2.45) is 0 Å². The van der Waals surface area contributed by atoms with Gasteiger partial charge in [0.2, 0.25) is 5.91 Å². The standard InChI is InChI=1S/C16H16N2O2S/c1-12-7-9-14(10-8-12)21-11-15(19)18-16(20)17-13-5-3-2-4-6-13/h2-10H,11H2,1H3,(H2,17,18,19,20). The maximum Gasteiger partial charge on any atom is 0.325 e. The highest BCUT2D eigenvalue weighted by Crippen LogP contribution is 2.17. The molecule has 0 aromatic heterocycles. The monoisotopic (exact) mass is 300 g/mol. The molecule has 0 unspecified atom stereocenters. The lowest BCUT2D eigenvalue weighted by molar-refractivity contribution is -0.117. The first kappa shape index (κ1) is 15.1. The summed E-state index contributed by atoms with van der Waals surface area (Å²) in [6.45, 7) is 2.01. The summed E-state index contributed by atoms with van der Waals surface area (Å²) in [5, 5.41) is 4.90. The quantitative estimate of drug-likeness (QED) is 0.850. The van der Waals surface area contributed by atoms with Crippen LogP contribution in [0.4, 0.5) is 10.5 Å². The SMILES string of the molecule is Cc1ccc(SCC(=O)NC(=O)Nc2ccccc2)cc1. The van der Waals surface area contributed by atoms with Crippen LogP contribution in [0, 0.1) is 6.92 Å². The number of rotatable bonds is 4. The molecule has 0 bridgehead atoms. The zero-order chi connectivity index (χ0) is 15.1. The number of imide groups is 1. The zero-order valence-corrected chi connectivity index (χ0v) is 12.4. The Morgan fingerprint density at radius 1 is 1.00 bits per heavy atom. The van der Waals surface area contributed by atoms with Crippen LogP contribution in [0.2, 0.25) is 0 Å². The summed E-state index contributed by atoms with van der Waals surface area (Å²) < 4.78 is 0. The lowest BCUT2D eigenvalue weighted by Crippen LogP contribution is -2.35. The summed E-state index contributed by atoms with van der Waals surface area (Å²) >= 11 is 1.39. The van der Waals surface area contributed by atoms with Crippen LogP contribution in [0.5, 0.6) is 0 Å². The predicted octanol–water partition coefficient (Wildman–Crippen LogP) is 3.44. The fourth-order valence-electron chi connectivity index (χ4n) is 1.63. The van der Waals surface area contributed by atoms with Gasteiger partial charge < -0.3 is 5.32 Å². The minimum Gasteiger partial charge on any atom is -0.308 e. The minimum atomic E-state index is -0.518. The summed E-state index contributed by atoms with van der Waals surface area (Å²) in [4.78, 5) is 24.3. The Bertz CT molecular complexity index is 612. The van der Waals surface area contributed by atoms with Crippen molar-refractivity contribution in [1.82, 2.24) is 5.32 Å². The molecule has 3 amide bonds. The number of carbonyl (C=O) groups is 2. The first-order chi connectivity index (χ1) is 10.1. The predicted molar refractivity (Wildman–Crippen MR) is 85.5 cm³/mol. The maximum absolute atomic E-state index is 11.7. The van der Waals surface area contributed by atoms with E-state index in [-0.39, 0.29) is 11.7 Å². The fraction of sp³-hybridized carbons (Fsp3) is 0.125. The molecule has 5 heteroatoms. The Morgan fingerprint density at radius 2 is 1.67 bits per heavy atom. The molecule has 0 aliphatic carbocycles. The molecule has 0 fully saturated rings. The van der Waals surface area contributed by atoms with Gasteiger partial charge in [0, 0.05) is 10.6 Å². The van der Waals surface area contributed by atoms with Crippen molar-refractivity contribution in [2.75, 3.05) is 11.1 Å². The maximum atomic E-state index is 11.7. The summed E-state index contributed by atoms with van der Waals surface area (Å²) in [6, 6.07) is 16.4. The van der Waals surface area contributed by atoms with Crippen LogP contribution < -0.4 is 10.6 Å². The second kappa shape index (κ2) is 7.50. The van der Waals surface area contributed by atoms with Crippen molar-refractivity contribution in [2.45, 2.75) is 11.8 Å². The molecular formula is C16H16N2O2S. The van der Waals surface area contributed by atoms with E-state index in [0.29, 0.717) is 5.69 Å². The third kappa shape index (κ3) is 5.31. The molecular weight excluding hydrogens is 284 g/mol. The molecule has 0 radical (unpaired) electrons. The molecule has 0 saturated carbocycles. The van der Waals surface area contributed by atoms with Gasteiger partial charge in [0.15, 0.2) is 0 Å². The largest absolute Gasteiger partial charge is 0.325 e. The van der Waals surface area contributed by atoms with Gasteiger partial charge in [-0.3, -0.25) is 10.1 Å². The second-order valence-electron chi connectivity index (χ2n) is 4.47. The van der Waals surface area contributed by atoms with Crippen molar-refractivity contribution < 1.29 is 9.59 Å². The third-order valence-electron chi connectivity index (χ3n) is 2.68. The normalized spacial score (nSPS) is 9.95. The molecule has 0 heterocycles. The van der Waals surface area contributed by atoms with Crippen LogP contribution in [0.25, 0.3) is 0 Å². The lowest BCUT2D eigenvalue weighted by Gasteiger charge is -2.06. The molecule has 2 aromatic rings. The van der Waals surface area contributed by atoms with Gasteiger partial charge in [-0.05, 0) is 31.2 Å². The van der Waals surface area contributed by atoms with E-state index in [1.54, 1.807) is 12.1 Å². The van der Waals surface area contributed by atoms with Crippen LogP contribution in [-0.4, -0.2) is 17.7 Å². The lowest BCUT2D eigenvalue weighted by atomic mass is 10.2. The van der Waals surface area contributed by atoms with E-state index in [1.165, 1.54) is 17.3 Å². The number of amides is 3. The molecule has 0 aliphatic rings. The Kier molecular flexibility index (Phi) is 5.40. The number of thioether (sulfide) groups is 1. The molecule has 0 spiro atoms. The molecule has 2 rings (SSSR count). The average molecular weight is 300 g/mol. The molecule has 21 heavy (non-hydrogen) atoms. The minimum absolute atomic E-state index is 0.200. The van der Waals surface area contributed by atoms with Crippen LogP contribution in [0.1, 0.15) is 5.56 Å². The van der Waals surface area contributed by atoms with E-state index < -0.39 is 6.03 Å². The van der Waals surface area contributed by atoms with Crippen LogP contribution in [0.15, 0.2) is 59.5 Å². The summed E-state index contributed by atoms with van der Waals surface area (Å²) in [5.41, 5.74) is 1.82. The molecule has 0 aliphatic heterocycles. The van der Waals surface area contributed by atoms with Crippen molar-refractivity contribution in [3.63, 3.8) is 0 Å². The fourth-order valence-corrected chi connectivity index (χ4v) is 2.33. The topological polar surface area (TPSA) is 58.2 Å². The van der Waals surface area contributed by atoms with Gasteiger partial charge in [0.1, 0.15) is 0 Å². The third-order valence-corrected chi connectivity index (χ3v) is 3.69. The number of para-hydroxylation sites is 1. The number of hydrogen-bond acceptors (Lipinski definition) is 3. The highest BCUT2D eigenvalue weighted by Gasteiger charge is 2.08. The van der Waals surface area contributed by atoms with E-state index in [2.05, 4.69) is 10.6 Å². The van der Waals surface area contributed by atoms with Crippen LogP contribution >= 0.6 is 11.8 Å². The van der Waals surface area contributed by atoms with Gasteiger partial charge in [-0.2, -0.15) is 0 Å². The smallest absolute Gasteiger partial charge is 0.308 e. The first-order valence-corrected chi connectivity index (χ1v) is 7.47. The Morgan fingerprint density at radius 3 is 2.33 bits per heavy atom. The number of urea groups is 1. The molecule has 2 N–H and O–H groups in total. The zero-order valence-electron chi connectivity index (χ0n) is 11.6. The number of hydrogen-bond donors (Lipinski definition) is 2. The molecule has 108 valence electrons.